The monoisotopic (exact) mass is 418 g/mol. The van der Waals surface area contributed by atoms with Gasteiger partial charge in [0.15, 0.2) is 0 Å². The summed E-state index contributed by atoms with van der Waals surface area (Å²) >= 11 is 0. The van der Waals surface area contributed by atoms with Crippen LogP contribution in [0.25, 0.3) is 0 Å². The average molecular weight is 419 g/mol. The molecule has 0 radical (unpaired) electrons. The summed E-state index contributed by atoms with van der Waals surface area (Å²) in [6, 6.07) is 0. The molecule has 3 aliphatic rings. The van der Waals surface area contributed by atoms with Crippen molar-refractivity contribution >= 4 is 0 Å². The van der Waals surface area contributed by atoms with Crippen LogP contribution in [-0.4, -0.2) is 45.8 Å². The van der Waals surface area contributed by atoms with E-state index in [-0.39, 0.29) is 11.5 Å². The van der Waals surface area contributed by atoms with E-state index in [9.17, 15) is 15.3 Å². The van der Waals surface area contributed by atoms with Crippen LogP contribution in [-0.2, 0) is 4.74 Å². The average Bonchev–Trinajstić information content (AvgIpc) is 3.00. The number of rotatable bonds is 6. The summed E-state index contributed by atoms with van der Waals surface area (Å²) in [6.07, 6.45) is 11.0. The number of aliphatic hydroxyl groups is 3. The molecular weight excluding hydrogens is 376 g/mol. The lowest BCUT2D eigenvalue weighted by molar-refractivity contribution is -0.0454. The lowest BCUT2D eigenvalue weighted by Crippen LogP contribution is -2.39. The van der Waals surface area contributed by atoms with Crippen molar-refractivity contribution in [2.75, 3.05) is 6.61 Å². The summed E-state index contributed by atoms with van der Waals surface area (Å²) in [6.45, 7) is 13.0. The van der Waals surface area contributed by atoms with Gasteiger partial charge in [0, 0.05) is 13.0 Å². The van der Waals surface area contributed by atoms with E-state index in [1.54, 1.807) is 0 Å². The number of fused-ring (bicyclic) bond motifs is 1. The highest BCUT2D eigenvalue weighted by molar-refractivity contribution is 5.38. The fourth-order valence-corrected chi connectivity index (χ4v) is 6.13. The Hall–Kier alpha value is -0.940. The van der Waals surface area contributed by atoms with Gasteiger partial charge >= 0.3 is 0 Å². The van der Waals surface area contributed by atoms with Crippen LogP contribution in [0.2, 0.25) is 0 Å². The van der Waals surface area contributed by atoms with Gasteiger partial charge in [0.05, 0.1) is 23.9 Å². The molecule has 30 heavy (non-hydrogen) atoms. The minimum Gasteiger partial charge on any atom is -0.393 e. The molecule has 0 aromatic rings. The number of hydrogen-bond donors (Lipinski definition) is 3. The zero-order chi connectivity index (χ0) is 22.1. The van der Waals surface area contributed by atoms with Gasteiger partial charge in [-0.15, -0.1) is 0 Å². The molecule has 0 amide bonds. The third kappa shape index (κ3) is 5.27. The van der Waals surface area contributed by atoms with Crippen molar-refractivity contribution in [3.63, 3.8) is 0 Å². The van der Waals surface area contributed by atoms with E-state index in [4.69, 9.17) is 4.74 Å². The van der Waals surface area contributed by atoms with Crippen molar-refractivity contribution < 1.29 is 20.1 Å². The van der Waals surface area contributed by atoms with Crippen molar-refractivity contribution in [1.82, 2.24) is 0 Å². The van der Waals surface area contributed by atoms with Crippen LogP contribution in [0, 0.1) is 17.3 Å². The lowest BCUT2D eigenvalue weighted by Gasteiger charge is -2.44. The third-order valence-electron chi connectivity index (χ3n) is 7.96. The summed E-state index contributed by atoms with van der Waals surface area (Å²) < 4.78 is 6.19. The molecule has 3 N–H and O–H groups in total. The van der Waals surface area contributed by atoms with Crippen LogP contribution < -0.4 is 0 Å². The molecule has 0 heterocycles. The molecule has 3 fully saturated rings. The van der Waals surface area contributed by atoms with Gasteiger partial charge in [0.1, 0.15) is 0 Å². The van der Waals surface area contributed by atoms with E-state index >= 15 is 0 Å². The molecule has 3 rings (SSSR count). The van der Waals surface area contributed by atoms with Gasteiger partial charge in [-0.1, -0.05) is 31.2 Å². The number of ether oxygens (including phenoxy) is 1. The Labute approximate surface area is 182 Å². The Morgan fingerprint density at radius 2 is 2.00 bits per heavy atom. The quantitative estimate of drug-likeness (QED) is 0.585. The maximum absolute atomic E-state index is 10.1. The molecular formula is C26H42O4. The first kappa shape index (κ1) is 23.7. The molecule has 170 valence electrons. The van der Waals surface area contributed by atoms with Gasteiger partial charge in [-0.2, -0.15) is 0 Å². The first-order chi connectivity index (χ1) is 14.0. The molecule has 0 spiro atoms. The third-order valence-corrected chi connectivity index (χ3v) is 7.96. The van der Waals surface area contributed by atoms with Gasteiger partial charge in [-0.05, 0) is 94.1 Å². The summed E-state index contributed by atoms with van der Waals surface area (Å²) in [4.78, 5) is 0. The second-order valence-electron chi connectivity index (χ2n) is 10.8. The first-order valence-electron chi connectivity index (χ1n) is 11.8. The minimum atomic E-state index is -0.680. The van der Waals surface area contributed by atoms with Crippen molar-refractivity contribution in [3.8, 4) is 0 Å². The molecule has 3 saturated carbocycles. The molecule has 5 unspecified atom stereocenters. The Balaban J connectivity index is 1.70. The normalized spacial score (nSPS) is 38.8. The van der Waals surface area contributed by atoms with Crippen molar-refractivity contribution in [3.05, 3.63) is 35.5 Å². The second kappa shape index (κ2) is 9.28. The Morgan fingerprint density at radius 1 is 1.27 bits per heavy atom. The maximum atomic E-state index is 10.1. The highest BCUT2D eigenvalue weighted by atomic mass is 16.5. The first-order valence-corrected chi connectivity index (χ1v) is 11.8. The zero-order valence-corrected chi connectivity index (χ0v) is 19.4. The SMILES string of the molecule is C=C1C(=CC=C2CCC[C@@]3(C)C2CCC3C(C)OCCC(C)(C)O)CC(O)CC1O. The molecule has 0 aliphatic heterocycles. The summed E-state index contributed by atoms with van der Waals surface area (Å²) in [5.41, 5.74) is 2.82. The molecule has 3 aliphatic carbocycles. The largest absolute Gasteiger partial charge is 0.393 e. The van der Waals surface area contributed by atoms with Crippen LogP contribution in [0.4, 0.5) is 0 Å². The van der Waals surface area contributed by atoms with Gasteiger partial charge in [-0.3, -0.25) is 0 Å². The highest BCUT2D eigenvalue weighted by Gasteiger charge is 2.51. The van der Waals surface area contributed by atoms with Crippen molar-refractivity contribution in [2.45, 2.75) is 103 Å². The Kier molecular flexibility index (Phi) is 7.33. The molecule has 4 nitrogen and oxygen atoms in total. The topological polar surface area (TPSA) is 69.9 Å². The van der Waals surface area contributed by atoms with E-state index in [1.807, 2.05) is 13.8 Å². The van der Waals surface area contributed by atoms with E-state index in [0.29, 0.717) is 37.7 Å². The molecule has 6 atom stereocenters. The van der Waals surface area contributed by atoms with Gasteiger partial charge < -0.3 is 20.1 Å². The Morgan fingerprint density at radius 3 is 2.70 bits per heavy atom. The highest BCUT2D eigenvalue weighted by Crippen LogP contribution is 2.58. The fraction of sp³-hybridized carbons (Fsp3) is 0.769. The maximum Gasteiger partial charge on any atom is 0.0811 e. The van der Waals surface area contributed by atoms with Crippen LogP contribution in [0.5, 0.6) is 0 Å². The van der Waals surface area contributed by atoms with Crippen LogP contribution in [0.1, 0.15) is 79.1 Å². The van der Waals surface area contributed by atoms with Crippen LogP contribution in [0.15, 0.2) is 35.5 Å². The summed E-state index contributed by atoms with van der Waals surface area (Å²) in [7, 11) is 0. The zero-order valence-electron chi connectivity index (χ0n) is 19.4. The van der Waals surface area contributed by atoms with E-state index in [2.05, 4.69) is 32.6 Å². The lowest BCUT2D eigenvalue weighted by atomic mass is 9.62. The molecule has 0 saturated heterocycles. The van der Waals surface area contributed by atoms with Crippen molar-refractivity contribution in [2.24, 2.45) is 17.3 Å². The predicted octanol–water partition coefficient (Wildman–Crippen LogP) is 4.69. The van der Waals surface area contributed by atoms with E-state index < -0.39 is 17.8 Å². The van der Waals surface area contributed by atoms with Gasteiger partial charge in [-0.25, -0.2) is 0 Å². The van der Waals surface area contributed by atoms with E-state index in [0.717, 1.165) is 17.6 Å². The number of allylic oxidation sites excluding steroid dienone is 3. The van der Waals surface area contributed by atoms with Crippen LogP contribution >= 0.6 is 0 Å². The fourth-order valence-electron chi connectivity index (χ4n) is 6.13. The Bertz CT molecular complexity index is 686. The van der Waals surface area contributed by atoms with E-state index in [1.165, 1.54) is 31.3 Å². The molecule has 0 bridgehead atoms. The molecule has 0 aromatic heterocycles. The summed E-state index contributed by atoms with van der Waals surface area (Å²) in [5.74, 6) is 1.11. The molecule has 4 heteroatoms. The summed E-state index contributed by atoms with van der Waals surface area (Å²) in [5, 5.41) is 30.1. The van der Waals surface area contributed by atoms with Gasteiger partial charge in [0.2, 0.25) is 0 Å². The minimum absolute atomic E-state index is 0.198. The van der Waals surface area contributed by atoms with Crippen LogP contribution in [0.3, 0.4) is 0 Å². The van der Waals surface area contributed by atoms with Gasteiger partial charge in [0.25, 0.3) is 0 Å². The number of aliphatic hydroxyl groups excluding tert-OH is 2. The predicted molar refractivity (Wildman–Crippen MR) is 121 cm³/mol. The van der Waals surface area contributed by atoms with Crippen molar-refractivity contribution in [1.29, 1.82) is 0 Å². The smallest absolute Gasteiger partial charge is 0.0811 e. The second-order valence-corrected chi connectivity index (χ2v) is 10.8. The standard InChI is InChI=1S/C26H42O4/c1-17-20(15-21(27)16-24(17)28)9-8-19-7-6-12-26(5)22(10-11-23(19)26)18(2)30-14-13-25(3,4)29/h8-9,18,21-24,27-29H,1,6-7,10-16H2,2-5H3/t18?,21?,22?,23?,24?,26-/m1/s1. The molecule has 0 aromatic carbocycles. The number of hydrogen-bond acceptors (Lipinski definition) is 4.